The largest absolute Gasteiger partial charge is 0.324 e. The maximum Gasteiger partial charge on any atom is 0.264 e. The quantitative estimate of drug-likeness (QED) is 0.630. The summed E-state index contributed by atoms with van der Waals surface area (Å²) in [4.78, 5) is 12.6. The SMILES string of the molecule is Cc1ccc(N(CC(=O)Nc2ccc(F)c(F)c2)S(=O)(=O)c2ccc(C)cc2)cc1. The lowest BCUT2D eigenvalue weighted by atomic mass is 10.2. The Bertz CT molecular complexity index is 1160. The average Bonchev–Trinajstić information content (AvgIpc) is 2.70. The molecule has 5 nitrogen and oxygen atoms in total. The average molecular weight is 430 g/mol. The Kier molecular flexibility index (Phi) is 6.17. The molecule has 0 aliphatic heterocycles. The summed E-state index contributed by atoms with van der Waals surface area (Å²) < 4.78 is 54.0. The topological polar surface area (TPSA) is 66.5 Å². The monoisotopic (exact) mass is 430 g/mol. The molecule has 0 saturated carbocycles. The summed E-state index contributed by atoms with van der Waals surface area (Å²) in [5, 5.41) is 2.40. The van der Waals surface area contributed by atoms with Gasteiger partial charge in [0.05, 0.1) is 10.6 Å². The van der Waals surface area contributed by atoms with Crippen LogP contribution in [0.4, 0.5) is 20.2 Å². The third-order valence-corrected chi connectivity index (χ3v) is 6.21. The number of nitrogens with zero attached hydrogens (tertiary/aromatic N) is 1. The molecule has 0 atom stereocenters. The lowest BCUT2D eigenvalue weighted by Gasteiger charge is -2.24. The number of anilines is 2. The van der Waals surface area contributed by atoms with E-state index < -0.39 is 34.1 Å². The molecule has 1 N–H and O–H groups in total. The van der Waals surface area contributed by atoms with E-state index in [9.17, 15) is 22.0 Å². The van der Waals surface area contributed by atoms with Crippen LogP contribution in [0.1, 0.15) is 11.1 Å². The van der Waals surface area contributed by atoms with Gasteiger partial charge in [0.1, 0.15) is 6.54 Å². The highest BCUT2D eigenvalue weighted by Gasteiger charge is 2.27. The van der Waals surface area contributed by atoms with E-state index in [0.717, 1.165) is 27.6 Å². The molecule has 0 heterocycles. The first-order valence-electron chi connectivity index (χ1n) is 9.08. The van der Waals surface area contributed by atoms with Crippen LogP contribution in [0.15, 0.2) is 71.6 Å². The molecule has 0 unspecified atom stereocenters. The molecule has 3 aromatic rings. The molecular weight excluding hydrogens is 410 g/mol. The summed E-state index contributed by atoms with van der Waals surface area (Å²) >= 11 is 0. The Labute approximate surface area is 174 Å². The van der Waals surface area contributed by atoms with E-state index in [0.29, 0.717) is 5.69 Å². The van der Waals surface area contributed by atoms with Crippen molar-refractivity contribution in [1.82, 2.24) is 0 Å². The van der Waals surface area contributed by atoms with Crippen LogP contribution in [-0.4, -0.2) is 20.9 Å². The van der Waals surface area contributed by atoms with Crippen LogP contribution >= 0.6 is 0 Å². The normalized spacial score (nSPS) is 11.2. The molecule has 156 valence electrons. The van der Waals surface area contributed by atoms with Gasteiger partial charge in [-0.05, 0) is 50.2 Å². The number of carbonyl (C=O) groups excluding carboxylic acids is 1. The lowest BCUT2D eigenvalue weighted by Crippen LogP contribution is -2.38. The van der Waals surface area contributed by atoms with E-state index in [1.54, 1.807) is 36.4 Å². The van der Waals surface area contributed by atoms with Crippen LogP contribution in [0.3, 0.4) is 0 Å². The summed E-state index contributed by atoms with van der Waals surface area (Å²) in [5.74, 6) is -2.86. The number of sulfonamides is 1. The predicted molar refractivity (Wildman–Crippen MR) is 112 cm³/mol. The molecule has 3 rings (SSSR count). The number of hydrogen-bond donors (Lipinski definition) is 1. The maximum absolute atomic E-state index is 13.4. The van der Waals surface area contributed by atoms with Crippen molar-refractivity contribution < 1.29 is 22.0 Å². The van der Waals surface area contributed by atoms with Crippen molar-refractivity contribution in [3.05, 3.63) is 89.5 Å². The third kappa shape index (κ3) is 4.83. The van der Waals surface area contributed by atoms with E-state index in [1.807, 2.05) is 13.8 Å². The number of amides is 1. The number of halogens is 2. The molecule has 0 bridgehead atoms. The Morgan fingerprint density at radius 1 is 0.867 bits per heavy atom. The van der Waals surface area contributed by atoms with E-state index in [1.165, 1.54) is 18.2 Å². The van der Waals surface area contributed by atoms with Crippen LogP contribution in [0, 0.1) is 25.5 Å². The zero-order chi connectivity index (χ0) is 21.9. The predicted octanol–water partition coefficient (Wildman–Crippen LogP) is 4.42. The van der Waals surface area contributed by atoms with Gasteiger partial charge < -0.3 is 5.32 Å². The van der Waals surface area contributed by atoms with Gasteiger partial charge >= 0.3 is 0 Å². The van der Waals surface area contributed by atoms with Crippen molar-refractivity contribution in [2.45, 2.75) is 18.7 Å². The number of hydrogen-bond acceptors (Lipinski definition) is 3. The molecule has 0 radical (unpaired) electrons. The molecule has 8 heteroatoms. The van der Waals surface area contributed by atoms with E-state index in [2.05, 4.69) is 5.32 Å². The minimum Gasteiger partial charge on any atom is -0.324 e. The Morgan fingerprint density at radius 2 is 1.43 bits per heavy atom. The Morgan fingerprint density at radius 3 is 2.00 bits per heavy atom. The molecule has 0 fully saturated rings. The first-order valence-corrected chi connectivity index (χ1v) is 10.5. The Balaban J connectivity index is 1.93. The van der Waals surface area contributed by atoms with Gasteiger partial charge in [0, 0.05) is 11.8 Å². The highest BCUT2D eigenvalue weighted by Crippen LogP contribution is 2.24. The summed E-state index contributed by atoms with van der Waals surface area (Å²) in [6, 6.07) is 15.9. The van der Waals surface area contributed by atoms with Gasteiger partial charge in [0.25, 0.3) is 10.0 Å². The maximum atomic E-state index is 13.4. The number of rotatable bonds is 6. The van der Waals surface area contributed by atoms with Crippen molar-refractivity contribution >= 4 is 27.3 Å². The standard InChI is InChI=1S/C22H20F2N2O3S/c1-15-3-8-18(9-4-15)26(30(28,29)19-10-5-16(2)6-11-19)14-22(27)25-17-7-12-20(23)21(24)13-17/h3-13H,14H2,1-2H3,(H,25,27). The molecule has 0 aliphatic rings. The van der Waals surface area contributed by atoms with Gasteiger partial charge in [-0.25, -0.2) is 17.2 Å². The van der Waals surface area contributed by atoms with Crippen LogP contribution in [0.25, 0.3) is 0 Å². The summed E-state index contributed by atoms with van der Waals surface area (Å²) in [5.41, 5.74) is 2.15. The molecule has 0 spiro atoms. The number of carbonyl (C=O) groups is 1. The molecule has 30 heavy (non-hydrogen) atoms. The highest BCUT2D eigenvalue weighted by molar-refractivity contribution is 7.92. The van der Waals surface area contributed by atoms with Crippen LogP contribution in [-0.2, 0) is 14.8 Å². The molecule has 0 saturated heterocycles. The molecule has 3 aromatic carbocycles. The Hall–Kier alpha value is -3.26. The van der Waals surface area contributed by atoms with Crippen molar-refractivity contribution in [1.29, 1.82) is 0 Å². The van der Waals surface area contributed by atoms with E-state index >= 15 is 0 Å². The molecule has 0 aliphatic carbocycles. The van der Waals surface area contributed by atoms with Gasteiger partial charge in [-0.3, -0.25) is 9.10 Å². The smallest absolute Gasteiger partial charge is 0.264 e. The number of nitrogens with one attached hydrogen (secondary N) is 1. The first kappa shape index (κ1) is 21.4. The summed E-state index contributed by atoms with van der Waals surface area (Å²) in [6.45, 7) is 3.15. The van der Waals surface area contributed by atoms with Crippen LogP contribution in [0.5, 0.6) is 0 Å². The van der Waals surface area contributed by atoms with Crippen molar-refractivity contribution in [2.24, 2.45) is 0 Å². The van der Waals surface area contributed by atoms with Gasteiger partial charge in [-0.1, -0.05) is 35.4 Å². The van der Waals surface area contributed by atoms with Crippen LogP contribution in [0.2, 0.25) is 0 Å². The number of benzene rings is 3. The second-order valence-corrected chi connectivity index (χ2v) is 8.70. The van der Waals surface area contributed by atoms with E-state index in [4.69, 9.17) is 0 Å². The van der Waals surface area contributed by atoms with Crippen LogP contribution < -0.4 is 9.62 Å². The fraction of sp³-hybridized carbons (Fsp3) is 0.136. The summed E-state index contributed by atoms with van der Waals surface area (Å²) in [6.07, 6.45) is 0. The van der Waals surface area contributed by atoms with Crippen molar-refractivity contribution in [2.75, 3.05) is 16.2 Å². The first-order chi connectivity index (χ1) is 14.2. The number of aryl methyl sites for hydroxylation is 2. The summed E-state index contributed by atoms with van der Waals surface area (Å²) in [7, 11) is -4.05. The van der Waals surface area contributed by atoms with Crippen molar-refractivity contribution in [3.8, 4) is 0 Å². The lowest BCUT2D eigenvalue weighted by molar-refractivity contribution is -0.114. The highest BCUT2D eigenvalue weighted by atomic mass is 32.2. The fourth-order valence-electron chi connectivity index (χ4n) is 2.77. The van der Waals surface area contributed by atoms with Gasteiger partial charge in [0.15, 0.2) is 11.6 Å². The zero-order valence-corrected chi connectivity index (χ0v) is 17.2. The third-order valence-electron chi connectivity index (χ3n) is 4.42. The second-order valence-electron chi connectivity index (χ2n) is 6.84. The zero-order valence-electron chi connectivity index (χ0n) is 16.4. The van der Waals surface area contributed by atoms with Gasteiger partial charge in [0.2, 0.25) is 5.91 Å². The molecular formula is C22H20F2N2O3S. The van der Waals surface area contributed by atoms with Gasteiger partial charge in [-0.2, -0.15) is 0 Å². The van der Waals surface area contributed by atoms with Gasteiger partial charge in [-0.15, -0.1) is 0 Å². The molecule has 1 amide bonds. The van der Waals surface area contributed by atoms with E-state index in [-0.39, 0.29) is 10.6 Å². The minimum atomic E-state index is -4.05. The fourth-order valence-corrected chi connectivity index (χ4v) is 4.19. The van der Waals surface area contributed by atoms with Crippen molar-refractivity contribution in [3.63, 3.8) is 0 Å². The molecule has 0 aromatic heterocycles. The second kappa shape index (κ2) is 8.62. The minimum absolute atomic E-state index is 0.0236.